The lowest BCUT2D eigenvalue weighted by atomic mass is 9.49. The molecule has 3 rings (SSSR count). The minimum atomic E-state index is -3.92. The quantitative estimate of drug-likeness (QED) is 0.537. The number of hydrogen-bond donors (Lipinski definition) is 1. The van der Waals surface area contributed by atoms with E-state index in [4.69, 9.17) is 4.55 Å². The van der Waals surface area contributed by atoms with Crippen LogP contribution < -0.4 is 0 Å². The van der Waals surface area contributed by atoms with Gasteiger partial charge in [-0.1, -0.05) is 25.5 Å². The smallest absolute Gasteiger partial charge is 0.271 e. The van der Waals surface area contributed by atoms with Gasteiger partial charge in [-0.05, 0) is 30.6 Å². The van der Waals surface area contributed by atoms with Crippen molar-refractivity contribution >= 4 is 10.1 Å². The Bertz CT molecular complexity index is 392. The van der Waals surface area contributed by atoms with Crippen molar-refractivity contribution in [2.75, 3.05) is 0 Å². The summed E-state index contributed by atoms with van der Waals surface area (Å²) in [6.07, 6.45) is 2.62. The average molecular weight is 216 g/mol. The zero-order valence-electron chi connectivity index (χ0n) is 8.69. The van der Waals surface area contributed by atoms with Crippen LogP contribution in [0.1, 0.15) is 27.2 Å². The van der Waals surface area contributed by atoms with E-state index in [-0.39, 0.29) is 11.3 Å². The first-order valence-electron chi connectivity index (χ1n) is 4.89. The molecule has 0 radical (unpaired) electrons. The molecule has 14 heavy (non-hydrogen) atoms. The third kappa shape index (κ3) is 1.17. The van der Waals surface area contributed by atoms with Crippen molar-refractivity contribution in [3.05, 3.63) is 11.6 Å². The van der Waals surface area contributed by atoms with Crippen molar-refractivity contribution in [1.82, 2.24) is 0 Å². The molecule has 0 saturated heterocycles. The highest BCUT2D eigenvalue weighted by atomic mass is 32.2. The molecule has 0 aromatic rings. The van der Waals surface area contributed by atoms with Gasteiger partial charge in [0.2, 0.25) is 0 Å². The predicted molar refractivity (Wildman–Crippen MR) is 54.5 cm³/mol. The summed E-state index contributed by atoms with van der Waals surface area (Å²) >= 11 is 0. The van der Waals surface area contributed by atoms with Gasteiger partial charge < -0.3 is 0 Å². The summed E-state index contributed by atoms with van der Waals surface area (Å²) in [5.41, 5.74) is 1.14. The van der Waals surface area contributed by atoms with E-state index in [0.717, 1.165) is 12.0 Å². The molecular weight excluding hydrogens is 200 g/mol. The Hall–Kier alpha value is -0.350. The van der Waals surface area contributed by atoms with Gasteiger partial charge in [0.05, 0.1) is 0 Å². The van der Waals surface area contributed by atoms with Crippen LogP contribution in [0.25, 0.3) is 0 Å². The van der Waals surface area contributed by atoms with Gasteiger partial charge in [0.25, 0.3) is 10.1 Å². The molecule has 0 amide bonds. The van der Waals surface area contributed by atoms with Crippen LogP contribution in [0.15, 0.2) is 11.6 Å². The van der Waals surface area contributed by atoms with Gasteiger partial charge in [-0.15, -0.1) is 0 Å². The average Bonchev–Trinajstić information content (AvgIpc) is 2.00. The number of hydrogen-bond acceptors (Lipinski definition) is 2. The van der Waals surface area contributed by atoms with Crippen LogP contribution in [-0.4, -0.2) is 18.2 Å². The van der Waals surface area contributed by atoms with Gasteiger partial charge in [0.1, 0.15) is 5.25 Å². The fourth-order valence-corrected chi connectivity index (χ4v) is 4.34. The highest BCUT2D eigenvalue weighted by molar-refractivity contribution is 7.86. The Labute approximate surface area is 85.0 Å². The molecule has 0 aliphatic heterocycles. The molecule has 3 atom stereocenters. The van der Waals surface area contributed by atoms with Gasteiger partial charge in [-0.3, -0.25) is 4.55 Å². The zero-order chi connectivity index (χ0) is 10.7. The molecule has 80 valence electrons. The van der Waals surface area contributed by atoms with Crippen LogP contribution in [-0.2, 0) is 10.1 Å². The largest absolute Gasteiger partial charge is 0.285 e. The second kappa shape index (κ2) is 2.61. The normalized spacial score (nSPS) is 40.0. The molecule has 1 saturated carbocycles. The van der Waals surface area contributed by atoms with Crippen molar-refractivity contribution in [3.8, 4) is 0 Å². The molecule has 1 fully saturated rings. The van der Waals surface area contributed by atoms with E-state index in [1.54, 1.807) is 6.08 Å². The second-order valence-corrected chi connectivity index (χ2v) is 6.68. The van der Waals surface area contributed by atoms with Gasteiger partial charge in [-0.2, -0.15) is 8.42 Å². The molecule has 0 aromatic carbocycles. The maximum absolute atomic E-state index is 11.2. The summed E-state index contributed by atoms with van der Waals surface area (Å²) in [6.45, 7) is 6.13. The van der Waals surface area contributed by atoms with E-state index < -0.39 is 15.4 Å². The SMILES string of the molecule is CC1=CC(S(=O)(=O)O)[C@@H]2C[C@H]1C2(C)C. The fourth-order valence-electron chi connectivity index (χ4n) is 3.07. The van der Waals surface area contributed by atoms with Crippen LogP contribution in [0.2, 0.25) is 0 Å². The second-order valence-electron chi connectivity index (χ2n) is 5.11. The molecule has 3 aliphatic rings. The van der Waals surface area contributed by atoms with Crippen molar-refractivity contribution in [3.63, 3.8) is 0 Å². The molecule has 3 nitrogen and oxygen atoms in total. The van der Waals surface area contributed by atoms with Crippen LogP contribution in [0.5, 0.6) is 0 Å². The van der Waals surface area contributed by atoms with Gasteiger partial charge in [0, 0.05) is 0 Å². The van der Waals surface area contributed by atoms with Gasteiger partial charge in [0.15, 0.2) is 0 Å². The Kier molecular flexibility index (Phi) is 1.90. The van der Waals surface area contributed by atoms with Crippen LogP contribution >= 0.6 is 0 Å². The first kappa shape index (κ1) is 10.2. The number of rotatable bonds is 1. The minimum Gasteiger partial charge on any atom is -0.285 e. The molecule has 0 spiro atoms. The summed E-state index contributed by atoms with van der Waals surface area (Å²) in [7, 11) is -3.92. The van der Waals surface area contributed by atoms with E-state index in [0.29, 0.717) is 5.92 Å². The molecule has 0 heterocycles. The highest BCUT2D eigenvalue weighted by Crippen LogP contribution is 2.60. The van der Waals surface area contributed by atoms with E-state index in [1.807, 2.05) is 6.92 Å². The Morgan fingerprint density at radius 1 is 1.50 bits per heavy atom. The summed E-state index contributed by atoms with van der Waals surface area (Å²) in [5.74, 6) is 0.594. The van der Waals surface area contributed by atoms with Crippen LogP contribution in [0.4, 0.5) is 0 Å². The summed E-state index contributed by atoms with van der Waals surface area (Å²) in [4.78, 5) is 0. The molecular formula is C10H16O3S. The molecule has 2 bridgehead atoms. The molecule has 0 aromatic heterocycles. The maximum atomic E-state index is 11.2. The Morgan fingerprint density at radius 3 is 2.43 bits per heavy atom. The van der Waals surface area contributed by atoms with Crippen molar-refractivity contribution in [1.29, 1.82) is 0 Å². The lowest BCUT2D eigenvalue weighted by molar-refractivity contribution is -0.00468. The van der Waals surface area contributed by atoms with E-state index in [1.165, 1.54) is 0 Å². The first-order chi connectivity index (χ1) is 6.24. The topological polar surface area (TPSA) is 54.4 Å². The molecule has 3 aliphatic carbocycles. The summed E-state index contributed by atoms with van der Waals surface area (Å²) < 4.78 is 31.4. The lowest BCUT2D eigenvalue weighted by Crippen LogP contribution is -2.55. The number of fused-ring (bicyclic) bond motifs is 1. The zero-order valence-corrected chi connectivity index (χ0v) is 9.50. The summed E-state index contributed by atoms with van der Waals surface area (Å²) in [5, 5.41) is -0.678. The van der Waals surface area contributed by atoms with Crippen molar-refractivity contribution in [2.24, 2.45) is 17.3 Å². The molecule has 4 heteroatoms. The monoisotopic (exact) mass is 216 g/mol. The lowest BCUT2D eigenvalue weighted by Gasteiger charge is -2.58. The minimum absolute atomic E-state index is 0.0271. The third-order valence-electron chi connectivity index (χ3n) is 4.06. The molecule has 1 N–H and O–H groups in total. The van der Waals surface area contributed by atoms with Gasteiger partial charge >= 0.3 is 0 Å². The van der Waals surface area contributed by atoms with Crippen LogP contribution in [0.3, 0.4) is 0 Å². The molecule has 1 unspecified atom stereocenters. The predicted octanol–water partition coefficient (Wildman–Crippen LogP) is 1.86. The Balaban J connectivity index is 2.45. The van der Waals surface area contributed by atoms with E-state index in [9.17, 15) is 8.42 Å². The highest BCUT2D eigenvalue weighted by Gasteiger charge is 2.57. The summed E-state index contributed by atoms with van der Waals surface area (Å²) in [6, 6.07) is 0. The van der Waals surface area contributed by atoms with Crippen molar-refractivity contribution in [2.45, 2.75) is 32.4 Å². The van der Waals surface area contributed by atoms with E-state index in [2.05, 4.69) is 13.8 Å². The van der Waals surface area contributed by atoms with Crippen LogP contribution in [0, 0.1) is 17.3 Å². The number of allylic oxidation sites excluding steroid dienone is 1. The first-order valence-corrected chi connectivity index (χ1v) is 6.39. The third-order valence-corrected chi connectivity index (χ3v) is 5.21. The van der Waals surface area contributed by atoms with Gasteiger partial charge in [-0.25, -0.2) is 0 Å². The fraction of sp³-hybridized carbons (Fsp3) is 0.800. The Morgan fingerprint density at radius 2 is 2.07 bits per heavy atom. The maximum Gasteiger partial charge on any atom is 0.271 e. The van der Waals surface area contributed by atoms with Crippen molar-refractivity contribution < 1.29 is 13.0 Å². The van der Waals surface area contributed by atoms with E-state index >= 15 is 0 Å². The standard InChI is InChI=1S/C10H16O3S/c1-6-4-9(14(11,12)13)8-5-7(6)10(8,2)3/h4,7-9H,5H2,1-3H3,(H,11,12,13)/t7-,8+,9?/m1/s1.